The summed E-state index contributed by atoms with van der Waals surface area (Å²) >= 11 is 1.96. The molecule has 0 aliphatic carbocycles. The zero-order valence-electron chi connectivity index (χ0n) is 17.6. The van der Waals surface area contributed by atoms with E-state index in [-0.39, 0.29) is 17.9 Å². The molecule has 1 aromatic carbocycles. The molecule has 4 heterocycles. The van der Waals surface area contributed by atoms with Gasteiger partial charge in [-0.2, -0.15) is 0 Å². The molecule has 3 aromatic heterocycles. The molecular formula is C24H22FIN4O2. The monoisotopic (exact) mass is 544 g/mol. The Hall–Kier alpha value is -2.72. The van der Waals surface area contributed by atoms with E-state index in [9.17, 15) is 9.18 Å². The summed E-state index contributed by atoms with van der Waals surface area (Å²) in [5.41, 5.74) is 4.01. The SMILES string of the molecule is Cn1cc(-c2ccn(Cc3cccc(I)c3F)c(=O)c2)c2cc(N3CCOCC3)cnc21. The van der Waals surface area contributed by atoms with Crippen molar-refractivity contribution in [2.45, 2.75) is 6.54 Å². The van der Waals surface area contributed by atoms with Crippen LogP contribution < -0.4 is 10.5 Å². The topological polar surface area (TPSA) is 52.3 Å². The summed E-state index contributed by atoms with van der Waals surface area (Å²) in [6.45, 7) is 3.28. The number of morpholine rings is 1. The quantitative estimate of drug-likeness (QED) is 0.365. The van der Waals surface area contributed by atoms with Crippen molar-refractivity contribution in [2.75, 3.05) is 31.2 Å². The van der Waals surface area contributed by atoms with Crippen LogP contribution in [0.4, 0.5) is 10.1 Å². The number of halogens is 2. The number of rotatable bonds is 4. The molecule has 0 spiro atoms. The predicted octanol–water partition coefficient (Wildman–Crippen LogP) is 4.03. The lowest BCUT2D eigenvalue weighted by Gasteiger charge is -2.28. The van der Waals surface area contributed by atoms with Gasteiger partial charge in [0, 0.05) is 58.7 Å². The number of hydrogen-bond donors (Lipinski definition) is 0. The minimum atomic E-state index is -0.278. The van der Waals surface area contributed by atoms with Gasteiger partial charge < -0.3 is 18.8 Å². The highest BCUT2D eigenvalue weighted by Crippen LogP contribution is 2.31. The standard InChI is InChI=1S/C24H22FIN4O2/c1-28-15-20(19-12-18(13-27-24(19)28)29-7-9-32-10-8-29)16-5-6-30(22(31)11-16)14-17-3-2-4-21(26)23(17)25/h2-6,11-13,15H,7-10,14H2,1H3. The maximum absolute atomic E-state index is 14.4. The van der Waals surface area contributed by atoms with Gasteiger partial charge in [-0.1, -0.05) is 12.1 Å². The van der Waals surface area contributed by atoms with Gasteiger partial charge in [-0.05, 0) is 46.4 Å². The van der Waals surface area contributed by atoms with Gasteiger partial charge in [-0.15, -0.1) is 0 Å². The Morgan fingerprint density at radius 2 is 2.00 bits per heavy atom. The molecule has 32 heavy (non-hydrogen) atoms. The number of benzene rings is 1. The van der Waals surface area contributed by atoms with E-state index in [4.69, 9.17) is 4.74 Å². The lowest BCUT2D eigenvalue weighted by Crippen LogP contribution is -2.36. The molecule has 0 N–H and O–H groups in total. The predicted molar refractivity (Wildman–Crippen MR) is 132 cm³/mol. The first-order chi connectivity index (χ1) is 15.5. The molecule has 1 aliphatic heterocycles. The third kappa shape index (κ3) is 3.93. The summed E-state index contributed by atoms with van der Waals surface area (Å²) in [6.07, 6.45) is 5.62. The molecule has 5 rings (SSSR count). The van der Waals surface area contributed by atoms with E-state index in [1.54, 1.807) is 30.5 Å². The maximum atomic E-state index is 14.4. The summed E-state index contributed by atoms with van der Waals surface area (Å²) in [5, 5.41) is 0.997. The number of aromatic nitrogens is 3. The van der Waals surface area contributed by atoms with Crippen LogP contribution in [0.3, 0.4) is 0 Å². The summed E-state index contributed by atoms with van der Waals surface area (Å²) < 4.78 is 23.9. The van der Waals surface area contributed by atoms with E-state index >= 15 is 0 Å². The Labute approximate surface area is 198 Å². The molecule has 0 saturated carbocycles. The lowest BCUT2D eigenvalue weighted by molar-refractivity contribution is 0.122. The van der Waals surface area contributed by atoms with Crippen LogP contribution in [-0.2, 0) is 18.3 Å². The van der Waals surface area contributed by atoms with Crippen molar-refractivity contribution < 1.29 is 9.13 Å². The Morgan fingerprint density at radius 3 is 2.78 bits per heavy atom. The number of pyridine rings is 2. The second-order valence-electron chi connectivity index (χ2n) is 7.91. The highest BCUT2D eigenvalue weighted by atomic mass is 127. The van der Waals surface area contributed by atoms with E-state index in [0.29, 0.717) is 22.3 Å². The number of anilines is 1. The molecule has 1 fully saturated rings. The molecular weight excluding hydrogens is 522 g/mol. The Morgan fingerprint density at radius 1 is 1.19 bits per heavy atom. The fourth-order valence-electron chi connectivity index (χ4n) is 4.13. The van der Waals surface area contributed by atoms with Crippen LogP contribution in [0.2, 0.25) is 0 Å². The molecule has 4 aromatic rings. The fraction of sp³-hybridized carbons (Fsp3) is 0.250. The van der Waals surface area contributed by atoms with Crippen molar-refractivity contribution in [3.63, 3.8) is 0 Å². The fourth-order valence-corrected chi connectivity index (χ4v) is 4.69. The highest BCUT2D eigenvalue weighted by molar-refractivity contribution is 14.1. The first-order valence-corrected chi connectivity index (χ1v) is 11.5. The molecule has 1 aliphatic rings. The van der Waals surface area contributed by atoms with Crippen molar-refractivity contribution in [2.24, 2.45) is 7.05 Å². The van der Waals surface area contributed by atoms with Crippen molar-refractivity contribution in [1.82, 2.24) is 14.1 Å². The first kappa shape index (κ1) is 21.1. The van der Waals surface area contributed by atoms with Crippen molar-refractivity contribution in [3.05, 3.63) is 80.3 Å². The molecule has 164 valence electrons. The van der Waals surface area contributed by atoms with Gasteiger partial charge in [0.25, 0.3) is 5.56 Å². The minimum Gasteiger partial charge on any atom is -0.378 e. The van der Waals surface area contributed by atoms with Gasteiger partial charge in [0.15, 0.2) is 0 Å². The number of fused-ring (bicyclic) bond motifs is 1. The normalized spacial score (nSPS) is 14.3. The Kier molecular flexibility index (Phi) is 5.73. The summed E-state index contributed by atoms with van der Waals surface area (Å²) in [7, 11) is 1.95. The molecule has 0 atom stereocenters. The summed E-state index contributed by atoms with van der Waals surface area (Å²) in [4.78, 5) is 19.8. The van der Waals surface area contributed by atoms with Gasteiger partial charge in [0.05, 0.1) is 31.6 Å². The van der Waals surface area contributed by atoms with Gasteiger partial charge in [-0.25, -0.2) is 9.37 Å². The molecule has 8 heteroatoms. The van der Waals surface area contributed by atoms with E-state index in [2.05, 4.69) is 16.0 Å². The third-order valence-corrected chi connectivity index (χ3v) is 6.69. The second-order valence-corrected chi connectivity index (χ2v) is 9.07. The number of nitrogens with zero attached hydrogens (tertiary/aromatic N) is 4. The summed E-state index contributed by atoms with van der Waals surface area (Å²) in [5.74, 6) is -0.278. The molecule has 0 amide bonds. The number of hydrogen-bond acceptors (Lipinski definition) is 4. The van der Waals surface area contributed by atoms with Gasteiger partial charge >= 0.3 is 0 Å². The minimum absolute atomic E-state index is 0.171. The van der Waals surface area contributed by atoms with Gasteiger partial charge in [0.1, 0.15) is 11.5 Å². The average molecular weight is 544 g/mol. The number of aryl methyl sites for hydroxylation is 1. The molecule has 0 unspecified atom stereocenters. The van der Waals surface area contributed by atoms with Crippen LogP contribution in [0.15, 0.2) is 59.8 Å². The highest BCUT2D eigenvalue weighted by Gasteiger charge is 2.16. The molecule has 0 radical (unpaired) electrons. The van der Waals surface area contributed by atoms with E-state index in [0.717, 1.165) is 40.9 Å². The van der Waals surface area contributed by atoms with E-state index in [1.807, 2.05) is 52.7 Å². The molecule has 0 bridgehead atoms. The third-order valence-electron chi connectivity index (χ3n) is 5.85. The van der Waals surface area contributed by atoms with E-state index < -0.39 is 0 Å². The number of ether oxygens (including phenoxy) is 1. The van der Waals surface area contributed by atoms with Crippen LogP contribution >= 0.6 is 22.6 Å². The van der Waals surface area contributed by atoms with Crippen LogP contribution in [0.1, 0.15) is 5.56 Å². The average Bonchev–Trinajstić information content (AvgIpc) is 3.14. The maximum Gasteiger partial charge on any atom is 0.251 e. The smallest absolute Gasteiger partial charge is 0.251 e. The zero-order valence-corrected chi connectivity index (χ0v) is 19.8. The Bertz CT molecular complexity index is 1360. The van der Waals surface area contributed by atoms with Gasteiger partial charge in [0.2, 0.25) is 0 Å². The first-order valence-electron chi connectivity index (χ1n) is 10.4. The van der Waals surface area contributed by atoms with Crippen LogP contribution in [-0.4, -0.2) is 40.4 Å². The van der Waals surface area contributed by atoms with Gasteiger partial charge in [-0.3, -0.25) is 4.79 Å². The lowest BCUT2D eigenvalue weighted by atomic mass is 10.1. The molecule has 1 saturated heterocycles. The van der Waals surface area contributed by atoms with Crippen LogP contribution in [0.5, 0.6) is 0 Å². The summed E-state index contributed by atoms with van der Waals surface area (Å²) in [6, 6.07) is 10.9. The van der Waals surface area contributed by atoms with E-state index in [1.165, 1.54) is 4.57 Å². The van der Waals surface area contributed by atoms with Crippen LogP contribution in [0.25, 0.3) is 22.2 Å². The zero-order chi connectivity index (χ0) is 22.2. The van der Waals surface area contributed by atoms with Crippen molar-refractivity contribution in [3.8, 4) is 11.1 Å². The largest absolute Gasteiger partial charge is 0.378 e. The van der Waals surface area contributed by atoms with Crippen molar-refractivity contribution >= 4 is 39.3 Å². The second kappa shape index (κ2) is 8.67. The Balaban J connectivity index is 1.51. The van der Waals surface area contributed by atoms with Crippen LogP contribution in [0, 0.1) is 9.39 Å². The van der Waals surface area contributed by atoms with Crippen molar-refractivity contribution in [1.29, 1.82) is 0 Å². The molecule has 6 nitrogen and oxygen atoms in total.